The van der Waals surface area contributed by atoms with Crippen molar-refractivity contribution in [2.24, 2.45) is 0 Å². The van der Waals surface area contributed by atoms with Crippen LogP contribution in [0.25, 0.3) is 0 Å². The molecule has 2 aromatic rings. The predicted octanol–water partition coefficient (Wildman–Crippen LogP) is 3.09. The third kappa shape index (κ3) is 3.66. The van der Waals surface area contributed by atoms with Crippen LogP contribution in [0.3, 0.4) is 0 Å². The van der Waals surface area contributed by atoms with E-state index in [2.05, 4.69) is 0 Å². The van der Waals surface area contributed by atoms with Crippen LogP contribution in [-0.4, -0.2) is 24.5 Å². The van der Waals surface area contributed by atoms with Gasteiger partial charge in [-0.1, -0.05) is 25.1 Å². The van der Waals surface area contributed by atoms with Crippen LogP contribution in [0.4, 0.5) is 17.6 Å². The van der Waals surface area contributed by atoms with E-state index >= 15 is 0 Å². The van der Waals surface area contributed by atoms with Crippen molar-refractivity contribution >= 4 is 18.4 Å². The average Bonchev–Trinajstić information content (AvgIpc) is 2.57. The van der Waals surface area contributed by atoms with Gasteiger partial charge in [0, 0.05) is 24.5 Å². The molecule has 8 heteroatoms. The van der Waals surface area contributed by atoms with Crippen molar-refractivity contribution in [1.82, 2.24) is 0 Å². The molecule has 1 N–H and O–H groups in total. The second kappa shape index (κ2) is 6.85. The zero-order chi connectivity index (χ0) is 19.1. The summed E-state index contributed by atoms with van der Waals surface area (Å²) in [7, 11) is -1.13. The third-order valence-corrected chi connectivity index (χ3v) is 4.40. The Morgan fingerprint density at radius 1 is 1.27 bits per heavy atom. The van der Waals surface area contributed by atoms with Crippen LogP contribution in [0, 0.1) is 5.82 Å². The van der Waals surface area contributed by atoms with Gasteiger partial charge >= 0.3 is 13.3 Å². The molecule has 3 nitrogen and oxygen atoms in total. The van der Waals surface area contributed by atoms with Gasteiger partial charge in [0.2, 0.25) is 0 Å². The molecule has 0 amide bonds. The highest BCUT2D eigenvalue weighted by atomic mass is 19.4. The number of hydrogen-bond acceptors (Lipinski definition) is 3. The van der Waals surface area contributed by atoms with Crippen molar-refractivity contribution < 1.29 is 32.0 Å². The fourth-order valence-corrected chi connectivity index (χ4v) is 3.09. The average molecular weight is 366 g/mol. The number of carbonyl (C=O) groups is 1. The molecule has 0 saturated carbocycles. The van der Waals surface area contributed by atoms with Gasteiger partial charge in [0.15, 0.2) is 5.78 Å². The third-order valence-electron chi connectivity index (χ3n) is 4.40. The number of halogens is 4. The number of benzene rings is 2. The molecular formula is C18H15BF4O3. The van der Waals surface area contributed by atoms with Crippen molar-refractivity contribution in [3.63, 3.8) is 0 Å². The zero-order valence-corrected chi connectivity index (χ0v) is 13.8. The number of Topliss-reactive ketones (excluding diaryl/α,β-unsaturated/α-hetero) is 1. The molecule has 1 heterocycles. The first-order chi connectivity index (χ1) is 12.2. The van der Waals surface area contributed by atoms with Crippen LogP contribution in [-0.2, 0) is 17.3 Å². The Balaban J connectivity index is 1.91. The van der Waals surface area contributed by atoms with Gasteiger partial charge in [-0.3, -0.25) is 4.79 Å². The first-order valence-corrected chi connectivity index (χ1v) is 7.99. The molecule has 0 spiro atoms. The number of ketones is 1. The van der Waals surface area contributed by atoms with E-state index in [4.69, 9.17) is 4.65 Å². The van der Waals surface area contributed by atoms with Gasteiger partial charge in [-0.15, -0.1) is 0 Å². The summed E-state index contributed by atoms with van der Waals surface area (Å²) in [5.74, 6) is -1.78. The molecule has 1 aliphatic rings. The van der Waals surface area contributed by atoms with E-state index in [1.165, 1.54) is 0 Å². The molecule has 0 aromatic heterocycles. The summed E-state index contributed by atoms with van der Waals surface area (Å²) in [5, 5.41) is 9.94. The molecule has 2 aromatic carbocycles. The van der Waals surface area contributed by atoms with Crippen LogP contribution < -0.4 is 5.46 Å². The van der Waals surface area contributed by atoms with Crippen molar-refractivity contribution in [3.05, 3.63) is 64.5 Å². The molecular weight excluding hydrogens is 351 g/mol. The second-order valence-corrected chi connectivity index (χ2v) is 6.34. The van der Waals surface area contributed by atoms with Crippen LogP contribution in [0.2, 0.25) is 0 Å². The van der Waals surface area contributed by atoms with E-state index < -0.39 is 36.0 Å². The molecule has 0 aliphatic carbocycles. The lowest BCUT2D eigenvalue weighted by atomic mass is 9.70. The molecule has 136 valence electrons. The molecule has 1 unspecified atom stereocenters. The summed E-state index contributed by atoms with van der Waals surface area (Å²) in [6.07, 6.45) is -5.13. The molecule has 0 bridgehead atoms. The van der Waals surface area contributed by atoms with Gasteiger partial charge < -0.3 is 9.68 Å². The van der Waals surface area contributed by atoms with E-state index in [9.17, 15) is 27.4 Å². The van der Waals surface area contributed by atoms with E-state index in [0.29, 0.717) is 23.7 Å². The maximum Gasteiger partial charge on any atom is 0.491 e. The number of hydrogen-bond donors (Lipinski definition) is 1. The molecule has 3 rings (SSSR count). The van der Waals surface area contributed by atoms with Crippen LogP contribution in [0.15, 0.2) is 36.4 Å². The summed E-state index contributed by atoms with van der Waals surface area (Å²) in [6.45, 7) is 2.28. The lowest BCUT2D eigenvalue weighted by Gasteiger charge is -2.25. The van der Waals surface area contributed by atoms with Gasteiger partial charge in [0.05, 0.1) is 5.56 Å². The SMILES string of the molecule is CC1COB(O)c2cc(CC(=O)c3ccc(F)cc3C(F)(F)F)ccc21. The quantitative estimate of drug-likeness (QED) is 0.516. The van der Waals surface area contributed by atoms with Crippen molar-refractivity contribution in [2.45, 2.75) is 25.4 Å². The predicted molar refractivity (Wildman–Crippen MR) is 87.9 cm³/mol. The van der Waals surface area contributed by atoms with Crippen molar-refractivity contribution in [1.29, 1.82) is 0 Å². The standard InChI is InChI=1S/C18H15BF4O3/c1-10-9-26-19(25)16-6-11(2-4-13(10)16)7-17(24)14-5-3-12(20)8-15(14)18(21,22)23/h2-6,8,10,25H,7,9H2,1H3. The topological polar surface area (TPSA) is 46.5 Å². The Labute approximate surface area is 147 Å². The lowest BCUT2D eigenvalue weighted by molar-refractivity contribution is -0.138. The lowest BCUT2D eigenvalue weighted by Crippen LogP contribution is -2.42. The summed E-state index contributed by atoms with van der Waals surface area (Å²) < 4.78 is 57.6. The number of fused-ring (bicyclic) bond motifs is 1. The summed E-state index contributed by atoms with van der Waals surface area (Å²) in [4.78, 5) is 12.4. The largest absolute Gasteiger partial charge is 0.491 e. The molecule has 1 atom stereocenters. The summed E-state index contributed by atoms with van der Waals surface area (Å²) in [6, 6.07) is 6.93. The van der Waals surface area contributed by atoms with E-state index in [1.54, 1.807) is 18.2 Å². The maximum atomic E-state index is 13.2. The van der Waals surface area contributed by atoms with Crippen molar-refractivity contribution in [3.8, 4) is 0 Å². The van der Waals surface area contributed by atoms with Crippen molar-refractivity contribution in [2.75, 3.05) is 6.61 Å². The van der Waals surface area contributed by atoms with E-state index in [1.807, 2.05) is 6.92 Å². The minimum absolute atomic E-state index is 0.0621. The molecule has 26 heavy (non-hydrogen) atoms. The fourth-order valence-electron chi connectivity index (χ4n) is 3.09. The Bertz CT molecular complexity index is 851. The Morgan fingerprint density at radius 2 is 2.00 bits per heavy atom. The van der Waals surface area contributed by atoms with Gasteiger partial charge in [0.25, 0.3) is 0 Å². The Morgan fingerprint density at radius 3 is 2.69 bits per heavy atom. The Hall–Kier alpha value is -2.19. The number of rotatable bonds is 3. The van der Waals surface area contributed by atoms with Gasteiger partial charge in [0.1, 0.15) is 5.82 Å². The van der Waals surface area contributed by atoms with Crippen LogP contribution >= 0.6 is 0 Å². The Kier molecular flexibility index (Phi) is 4.90. The molecule has 1 aliphatic heterocycles. The van der Waals surface area contributed by atoms with Gasteiger partial charge in [-0.05, 0) is 34.8 Å². The summed E-state index contributed by atoms with van der Waals surface area (Å²) >= 11 is 0. The highest BCUT2D eigenvalue weighted by molar-refractivity contribution is 6.61. The molecule has 0 radical (unpaired) electrons. The van der Waals surface area contributed by atoms with Gasteiger partial charge in [-0.2, -0.15) is 13.2 Å². The van der Waals surface area contributed by atoms with Crippen LogP contribution in [0.5, 0.6) is 0 Å². The fraction of sp³-hybridized carbons (Fsp3) is 0.278. The van der Waals surface area contributed by atoms with Gasteiger partial charge in [-0.25, -0.2) is 4.39 Å². The zero-order valence-electron chi connectivity index (χ0n) is 13.8. The first-order valence-electron chi connectivity index (χ1n) is 7.99. The minimum atomic E-state index is -4.83. The highest BCUT2D eigenvalue weighted by Gasteiger charge is 2.36. The van der Waals surface area contributed by atoms with Crippen LogP contribution in [0.1, 0.15) is 39.9 Å². The summed E-state index contributed by atoms with van der Waals surface area (Å²) in [5.41, 5.74) is -0.0518. The first kappa shape index (κ1) is 18.6. The monoisotopic (exact) mass is 366 g/mol. The normalized spacial score (nSPS) is 17.2. The smallest absolute Gasteiger partial charge is 0.423 e. The number of alkyl halides is 3. The molecule has 0 saturated heterocycles. The van der Waals surface area contributed by atoms with E-state index in [-0.39, 0.29) is 12.3 Å². The second-order valence-electron chi connectivity index (χ2n) is 6.34. The highest BCUT2D eigenvalue weighted by Crippen LogP contribution is 2.33. The minimum Gasteiger partial charge on any atom is -0.423 e. The number of carbonyl (C=O) groups excluding carboxylic acids is 1. The molecule has 0 fully saturated rings. The maximum absolute atomic E-state index is 13.2. The van der Waals surface area contributed by atoms with E-state index in [0.717, 1.165) is 17.7 Å².